The minimum Gasteiger partial charge on any atom is -0.459 e. The van der Waals surface area contributed by atoms with Gasteiger partial charge in [0.1, 0.15) is 17.3 Å². The average molecular weight is 437 g/mol. The van der Waals surface area contributed by atoms with Gasteiger partial charge in [-0.1, -0.05) is 34.1 Å². The molecule has 0 aliphatic rings. The molecule has 0 saturated heterocycles. The molecule has 0 aliphatic carbocycles. The maximum atomic E-state index is 13.7. The van der Waals surface area contributed by atoms with Crippen LogP contribution in [-0.2, 0) is 16.6 Å². The molecule has 1 heterocycles. The van der Waals surface area contributed by atoms with Crippen molar-refractivity contribution in [1.82, 2.24) is 4.72 Å². The van der Waals surface area contributed by atoms with Gasteiger partial charge in [0.05, 0.1) is 23.3 Å². The lowest BCUT2D eigenvalue weighted by molar-refractivity contribution is 0.494. The van der Waals surface area contributed by atoms with Gasteiger partial charge >= 0.3 is 0 Å². The van der Waals surface area contributed by atoms with Gasteiger partial charge < -0.3 is 4.42 Å². The molecule has 0 atom stereocenters. The molecular weight excluding hydrogens is 423 g/mol. The molecule has 2 aromatic carbocycles. The summed E-state index contributed by atoms with van der Waals surface area (Å²) in [7, 11) is -3.61. The highest BCUT2D eigenvalue weighted by Gasteiger charge is 2.13. The fourth-order valence-corrected chi connectivity index (χ4v) is 3.47. The van der Waals surface area contributed by atoms with Crippen molar-refractivity contribution in [3.8, 4) is 0 Å². The third-order valence-corrected chi connectivity index (χ3v) is 5.32. The van der Waals surface area contributed by atoms with Gasteiger partial charge in [-0.15, -0.1) is 0 Å². The molecule has 8 heteroatoms. The van der Waals surface area contributed by atoms with E-state index >= 15 is 0 Å². The summed E-state index contributed by atoms with van der Waals surface area (Å²) in [5, 5.41) is 0. The van der Waals surface area contributed by atoms with E-state index in [2.05, 4.69) is 25.6 Å². The summed E-state index contributed by atoms with van der Waals surface area (Å²) in [6, 6.07) is 15.9. The van der Waals surface area contributed by atoms with Crippen LogP contribution in [0.25, 0.3) is 0 Å². The highest BCUT2D eigenvalue weighted by atomic mass is 79.9. The number of benzene rings is 2. The van der Waals surface area contributed by atoms with Gasteiger partial charge in [0.2, 0.25) is 10.0 Å². The fraction of sp³-hybridized carbons (Fsp3) is 0.0556. The van der Waals surface area contributed by atoms with Gasteiger partial charge in [-0.3, -0.25) is 0 Å². The molecule has 0 aliphatic heterocycles. The normalized spacial score (nSPS) is 11.9. The molecule has 1 N–H and O–H groups in total. The van der Waals surface area contributed by atoms with E-state index in [4.69, 9.17) is 4.42 Å². The first-order chi connectivity index (χ1) is 12.4. The molecule has 3 aromatic rings. The minimum atomic E-state index is -3.61. The summed E-state index contributed by atoms with van der Waals surface area (Å²) in [6.07, 6.45) is 1.38. The van der Waals surface area contributed by atoms with Crippen molar-refractivity contribution in [3.63, 3.8) is 0 Å². The van der Waals surface area contributed by atoms with Crippen LogP contribution in [0.4, 0.5) is 10.1 Å². The van der Waals surface area contributed by atoms with Crippen LogP contribution in [-0.4, -0.2) is 14.6 Å². The molecular formula is C18H14BrFN2O3S. The lowest BCUT2D eigenvalue weighted by Crippen LogP contribution is -2.22. The molecule has 1 aromatic heterocycles. The van der Waals surface area contributed by atoms with E-state index < -0.39 is 15.8 Å². The molecule has 134 valence electrons. The Balaban J connectivity index is 1.66. The molecule has 0 radical (unpaired) electrons. The second-order valence-electron chi connectivity index (χ2n) is 5.30. The van der Waals surface area contributed by atoms with Gasteiger partial charge in [0.15, 0.2) is 0 Å². The summed E-state index contributed by atoms with van der Waals surface area (Å²) >= 11 is 3.18. The number of nitrogens with one attached hydrogen (secondary N) is 1. The van der Waals surface area contributed by atoms with E-state index in [9.17, 15) is 12.8 Å². The standard InChI is InChI=1S/C18H14BrFN2O3S/c19-13-6-9-18(17(20)10-13)21-11-14-7-8-15(25-14)12-22-26(23,24)16-4-2-1-3-5-16/h1-11,22H,12H2. The zero-order valence-corrected chi connectivity index (χ0v) is 15.8. The van der Waals surface area contributed by atoms with Crippen LogP contribution in [0.1, 0.15) is 11.5 Å². The Labute approximate surface area is 158 Å². The number of rotatable bonds is 6. The largest absolute Gasteiger partial charge is 0.459 e. The highest BCUT2D eigenvalue weighted by Crippen LogP contribution is 2.22. The van der Waals surface area contributed by atoms with E-state index in [0.717, 1.165) is 0 Å². The number of aliphatic imine (C=N–C) groups is 1. The summed E-state index contributed by atoms with van der Waals surface area (Å²) in [6.45, 7) is -0.00227. The van der Waals surface area contributed by atoms with Crippen LogP contribution in [0.2, 0.25) is 0 Å². The van der Waals surface area contributed by atoms with Crippen molar-refractivity contribution >= 4 is 37.9 Å². The number of sulfonamides is 1. The smallest absolute Gasteiger partial charge is 0.240 e. The van der Waals surface area contributed by atoms with Crippen molar-refractivity contribution in [2.75, 3.05) is 0 Å². The summed E-state index contributed by atoms with van der Waals surface area (Å²) in [5.41, 5.74) is 0.177. The summed E-state index contributed by atoms with van der Waals surface area (Å²) in [5.74, 6) is 0.349. The number of hydrogen-bond acceptors (Lipinski definition) is 4. The van der Waals surface area contributed by atoms with E-state index in [0.29, 0.717) is 16.0 Å². The van der Waals surface area contributed by atoms with Crippen molar-refractivity contribution in [2.45, 2.75) is 11.4 Å². The molecule has 26 heavy (non-hydrogen) atoms. The van der Waals surface area contributed by atoms with E-state index in [-0.39, 0.29) is 17.1 Å². The zero-order chi connectivity index (χ0) is 18.6. The lowest BCUT2D eigenvalue weighted by Gasteiger charge is -2.04. The molecule has 0 bridgehead atoms. The minimum absolute atomic E-state index is 0.00227. The van der Waals surface area contributed by atoms with Crippen LogP contribution in [0, 0.1) is 5.82 Å². The Morgan fingerprint density at radius 2 is 1.88 bits per heavy atom. The van der Waals surface area contributed by atoms with Gasteiger partial charge in [-0.2, -0.15) is 0 Å². The first-order valence-electron chi connectivity index (χ1n) is 7.56. The SMILES string of the molecule is O=S(=O)(NCc1ccc(C=Nc2ccc(Br)cc2F)o1)c1ccccc1. The molecule has 0 fully saturated rings. The number of hydrogen-bond donors (Lipinski definition) is 1. The Morgan fingerprint density at radius 3 is 2.62 bits per heavy atom. The predicted octanol–water partition coefficient (Wildman–Crippen LogP) is 4.41. The first-order valence-corrected chi connectivity index (χ1v) is 9.84. The van der Waals surface area contributed by atoms with Crippen LogP contribution in [0.5, 0.6) is 0 Å². The Bertz CT molecular complexity index is 1030. The van der Waals surface area contributed by atoms with Gasteiger partial charge in [-0.05, 0) is 42.5 Å². The van der Waals surface area contributed by atoms with Gasteiger partial charge in [-0.25, -0.2) is 22.5 Å². The lowest BCUT2D eigenvalue weighted by atomic mass is 10.3. The Kier molecular flexibility index (Phi) is 5.65. The molecule has 0 spiro atoms. The van der Waals surface area contributed by atoms with Crippen molar-refractivity contribution in [3.05, 3.63) is 82.5 Å². The third-order valence-electron chi connectivity index (χ3n) is 3.41. The average Bonchev–Trinajstić information content (AvgIpc) is 3.08. The molecule has 0 unspecified atom stereocenters. The maximum absolute atomic E-state index is 13.7. The number of halogens is 2. The van der Waals surface area contributed by atoms with Crippen LogP contribution < -0.4 is 4.72 Å². The van der Waals surface area contributed by atoms with Crippen molar-refractivity contribution < 1.29 is 17.2 Å². The Morgan fingerprint density at radius 1 is 1.12 bits per heavy atom. The quantitative estimate of drug-likeness (QED) is 0.581. The van der Waals surface area contributed by atoms with Crippen LogP contribution in [0.3, 0.4) is 0 Å². The monoisotopic (exact) mass is 436 g/mol. The second kappa shape index (κ2) is 7.94. The van der Waals surface area contributed by atoms with Gasteiger partial charge in [0.25, 0.3) is 0 Å². The van der Waals surface area contributed by atoms with E-state index in [1.165, 1.54) is 30.5 Å². The third kappa shape index (κ3) is 4.66. The maximum Gasteiger partial charge on any atom is 0.240 e. The first kappa shape index (κ1) is 18.5. The van der Waals surface area contributed by atoms with Crippen molar-refractivity contribution in [2.24, 2.45) is 4.99 Å². The molecule has 5 nitrogen and oxygen atoms in total. The number of nitrogens with zero attached hydrogens (tertiary/aromatic N) is 1. The van der Waals surface area contributed by atoms with Gasteiger partial charge in [0, 0.05) is 4.47 Å². The van der Waals surface area contributed by atoms with Crippen LogP contribution in [0.15, 0.2) is 79.4 Å². The molecule has 0 saturated carbocycles. The van der Waals surface area contributed by atoms with E-state index in [1.807, 2.05) is 0 Å². The summed E-state index contributed by atoms with van der Waals surface area (Å²) < 4.78 is 46.6. The molecule has 3 rings (SSSR count). The Hall–Kier alpha value is -2.29. The van der Waals surface area contributed by atoms with E-state index in [1.54, 1.807) is 36.4 Å². The highest BCUT2D eigenvalue weighted by molar-refractivity contribution is 9.10. The topological polar surface area (TPSA) is 71.7 Å². The predicted molar refractivity (Wildman–Crippen MR) is 101 cm³/mol. The second-order valence-corrected chi connectivity index (χ2v) is 7.98. The van der Waals surface area contributed by atoms with Crippen LogP contribution >= 0.6 is 15.9 Å². The fourth-order valence-electron chi connectivity index (χ4n) is 2.13. The number of furan rings is 1. The summed E-state index contributed by atoms with van der Waals surface area (Å²) in [4.78, 5) is 4.21. The van der Waals surface area contributed by atoms with Crippen molar-refractivity contribution in [1.29, 1.82) is 0 Å². The molecule has 0 amide bonds. The zero-order valence-electron chi connectivity index (χ0n) is 13.4.